The Morgan fingerprint density at radius 3 is 2.00 bits per heavy atom. The van der Waals surface area contributed by atoms with Crippen molar-refractivity contribution in [3.8, 4) is 0 Å². The summed E-state index contributed by atoms with van der Waals surface area (Å²) >= 11 is 0. The predicted molar refractivity (Wildman–Crippen MR) is 71.7 cm³/mol. The summed E-state index contributed by atoms with van der Waals surface area (Å²) in [4.78, 5) is 11.8. The average molecular weight is 250 g/mol. The fourth-order valence-electron chi connectivity index (χ4n) is 1.77. The highest BCUT2D eigenvalue weighted by atomic mass is 16.7. The van der Waals surface area contributed by atoms with Crippen molar-refractivity contribution < 1.29 is 14.3 Å². The standard InChI is InChI=1S/C15H22O3/c1-15(2,3)12-8-6-11(7-9-12)10-13(16)14(17-4)18-5/h6-9,14H,10H2,1-5H3. The molecule has 0 spiro atoms. The Morgan fingerprint density at radius 2 is 1.61 bits per heavy atom. The number of ether oxygens (including phenoxy) is 2. The second kappa shape index (κ2) is 6.12. The first-order valence-corrected chi connectivity index (χ1v) is 6.06. The zero-order valence-electron chi connectivity index (χ0n) is 11.8. The van der Waals surface area contributed by atoms with E-state index in [4.69, 9.17) is 9.47 Å². The highest BCUT2D eigenvalue weighted by Gasteiger charge is 2.18. The molecule has 0 heterocycles. The molecule has 0 aromatic heterocycles. The monoisotopic (exact) mass is 250 g/mol. The molecule has 3 heteroatoms. The third-order valence-corrected chi connectivity index (χ3v) is 2.89. The van der Waals surface area contributed by atoms with Crippen LogP contribution >= 0.6 is 0 Å². The van der Waals surface area contributed by atoms with Crippen molar-refractivity contribution in [2.45, 2.75) is 38.9 Å². The van der Waals surface area contributed by atoms with Crippen molar-refractivity contribution in [2.75, 3.05) is 14.2 Å². The number of carbonyl (C=O) groups is 1. The molecule has 0 bridgehead atoms. The van der Waals surface area contributed by atoms with Crippen LogP contribution in [0.4, 0.5) is 0 Å². The molecule has 0 radical (unpaired) electrons. The van der Waals surface area contributed by atoms with Crippen LogP contribution < -0.4 is 0 Å². The molecule has 1 aromatic carbocycles. The molecule has 0 saturated carbocycles. The second-order valence-electron chi connectivity index (χ2n) is 5.39. The summed E-state index contributed by atoms with van der Waals surface area (Å²) in [6.45, 7) is 6.50. The molecule has 0 N–H and O–H groups in total. The summed E-state index contributed by atoms with van der Waals surface area (Å²) < 4.78 is 9.88. The van der Waals surface area contributed by atoms with Crippen molar-refractivity contribution in [1.82, 2.24) is 0 Å². The van der Waals surface area contributed by atoms with Crippen LogP contribution in [0, 0.1) is 0 Å². The number of hydrogen-bond donors (Lipinski definition) is 0. The number of ketones is 1. The van der Waals surface area contributed by atoms with Crippen molar-refractivity contribution in [3.05, 3.63) is 35.4 Å². The Morgan fingerprint density at radius 1 is 1.11 bits per heavy atom. The molecule has 0 aliphatic heterocycles. The normalized spacial score (nSPS) is 11.9. The molecule has 0 unspecified atom stereocenters. The van der Waals surface area contributed by atoms with Crippen LogP contribution in [0.3, 0.4) is 0 Å². The van der Waals surface area contributed by atoms with Gasteiger partial charge >= 0.3 is 0 Å². The number of Topliss-reactive ketones (excluding diaryl/α,β-unsaturated/α-hetero) is 1. The smallest absolute Gasteiger partial charge is 0.217 e. The van der Waals surface area contributed by atoms with Crippen molar-refractivity contribution >= 4 is 5.78 Å². The maximum absolute atomic E-state index is 11.8. The van der Waals surface area contributed by atoms with Gasteiger partial charge in [0, 0.05) is 20.6 Å². The van der Waals surface area contributed by atoms with Gasteiger partial charge in [-0.05, 0) is 16.5 Å². The Labute approximate surface area is 109 Å². The second-order valence-corrected chi connectivity index (χ2v) is 5.39. The first-order valence-electron chi connectivity index (χ1n) is 6.06. The molecule has 3 nitrogen and oxygen atoms in total. The van der Waals surface area contributed by atoms with Gasteiger partial charge in [-0.25, -0.2) is 0 Å². The molecule has 1 rings (SSSR count). The van der Waals surface area contributed by atoms with Crippen LogP contribution in [0.15, 0.2) is 24.3 Å². The molecule has 0 aliphatic carbocycles. The highest BCUT2D eigenvalue weighted by Crippen LogP contribution is 2.22. The van der Waals surface area contributed by atoms with Crippen molar-refractivity contribution in [1.29, 1.82) is 0 Å². The fourth-order valence-corrected chi connectivity index (χ4v) is 1.77. The van der Waals surface area contributed by atoms with E-state index in [9.17, 15) is 4.79 Å². The van der Waals surface area contributed by atoms with Gasteiger partial charge in [-0.1, -0.05) is 45.0 Å². The van der Waals surface area contributed by atoms with Crippen LogP contribution in [-0.4, -0.2) is 26.3 Å². The van der Waals surface area contributed by atoms with Gasteiger partial charge in [-0.15, -0.1) is 0 Å². The molecule has 0 aliphatic rings. The molecular formula is C15H22O3. The van der Waals surface area contributed by atoms with Crippen LogP contribution in [-0.2, 0) is 26.1 Å². The third kappa shape index (κ3) is 3.93. The predicted octanol–water partition coefficient (Wildman–Crippen LogP) is 2.71. The molecule has 0 atom stereocenters. The summed E-state index contributed by atoms with van der Waals surface area (Å²) in [5, 5.41) is 0. The first kappa shape index (κ1) is 14.9. The van der Waals surface area contributed by atoms with Gasteiger partial charge < -0.3 is 9.47 Å². The number of hydrogen-bond acceptors (Lipinski definition) is 3. The Bertz CT molecular complexity index is 383. The summed E-state index contributed by atoms with van der Waals surface area (Å²) in [7, 11) is 2.93. The molecule has 0 fully saturated rings. The quantitative estimate of drug-likeness (QED) is 0.754. The lowest BCUT2D eigenvalue weighted by Gasteiger charge is -2.19. The maximum Gasteiger partial charge on any atom is 0.217 e. The molecular weight excluding hydrogens is 228 g/mol. The van der Waals surface area contributed by atoms with Gasteiger partial charge in [0.15, 0.2) is 5.78 Å². The molecule has 0 saturated heterocycles. The summed E-state index contributed by atoms with van der Waals surface area (Å²) in [6.07, 6.45) is -0.441. The van der Waals surface area contributed by atoms with Crippen LogP contribution in [0.2, 0.25) is 0 Å². The van der Waals surface area contributed by atoms with Gasteiger partial charge in [0.2, 0.25) is 6.29 Å². The summed E-state index contributed by atoms with van der Waals surface area (Å²) in [5.74, 6) is -0.0662. The number of benzene rings is 1. The lowest BCUT2D eigenvalue weighted by atomic mass is 9.86. The number of carbonyl (C=O) groups excluding carboxylic acids is 1. The number of methoxy groups -OCH3 is 2. The molecule has 100 valence electrons. The number of rotatable bonds is 5. The first-order chi connectivity index (χ1) is 8.38. The zero-order chi connectivity index (χ0) is 13.8. The summed E-state index contributed by atoms with van der Waals surface area (Å²) in [5.41, 5.74) is 2.37. The van der Waals surface area contributed by atoms with E-state index in [1.165, 1.54) is 19.8 Å². The largest absolute Gasteiger partial charge is 0.349 e. The van der Waals surface area contributed by atoms with E-state index in [0.717, 1.165) is 5.56 Å². The van der Waals surface area contributed by atoms with Gasteiger partial charge in [0.05, 0.1) is 0 Å². The maximum atomic E-state index is 11.8. The van der Waals surface area contributed by atoms with E-state index < -0.39 is 6.29 Å². The van der Waals surface area contributed by atoms with Gasteiger partial charge in [-0.3, -0.25) is 4.79 Å². The van der Waals surface area contributed by atoms with E-state index in [-0.39, 0.29) is 11.2 Å². The Hall–Kier alpha value is -1.19. The zero-order valence-corrected chi connectivity index (χ0v) is 11.8. The van der Waals surface area contributed by atoms with Crippen LogP contribution in [0.25, 0.3) is 0 Å². The van der Waals surface area contributed by atoms with E-state index in [0.29, 0.717) is 6.42 Å². The average Bonchev–Trinajstić information content (AvgIpc) is 2.30. The van der Waals surface area contributed by atoms with Gasteiger partial charge in [0.25, 0.3) is 0 Å². The lowest BCUT2D eigenvalue weighted by molar-refractivity contribution is -0.155. The fraction of sp³-hybridized carbons (Fsp3) is 0.533. The molecule has 1 aromatic rings. The van der Waals surface area contributed by atoms with Gasteiger partial charge in [0.1, 0.15) is 0 Å². The SMILES string of the molecule is COC(OC)C(=O)Cc1ccc(C(C)(C)C)cc1. The molecule has 18 heavy (non-hydrogen) atoms. The van der Waals surface area contributed by atoms with Crippen LogP contribution in [0.1, 0.15) is 31.9 Å². The lowest BCUT2D eigenvalue weighted by Crippen LogP contribution is -2.26. The van der Waals surface area contributed by atoms with Crippen LogP contribution in [0.5, 0.6) is 0 Å². The van der Waals surface area contributed by atoms with Crippen molar-refractivity contribution in [2.24, 2.45) is 0 Å². The molecule has 0 amide bonds. The Balaban J connectivity index is 2.72. The topological polar surface area (TPSA) is 35.5 Å². The van der Waals surface area contributed by atoms with E-state index in [2.05, 4.69) is 32.9 Å². The minimum Gasteiger partial charge on any atom is -0.349 e. The van der Waals surface area contributed by atoms with Gasteiger partial charge in [-0.2, -0.15) is 0 Å². The Kier molecular flexibility index (Phi) is 5.05. The minimum absolute atomic E-state index is 0.0662. The summed E-state index contributed by atoms with van der Waals surface area (Å²) in [6, 6.07) is 8.11. The van der Waals surface area contributed by atoms with E-state index in [1.807, 2.05) is 12.1 Å². The minimum atomic E-state index is -0.771. The van der Waals surface area contributed by atoms with Crippen molar-refractivity contribution in [3.63, 3.8) is 0 Å². The van der Waals surface area contributed by atoms with E-state index >= 15 is 0 Å². The van der Waals surface area contributed by atoms with E-state index in [1.54, 1.807) is 0 Å². The highest BCUT2D eigenvalue weighted by molar-refractivity contribution is 5.84. The third-order valence-electron chi connectivity index (χ3n) is 2.89.